The number of hydrogen-bond donors (Lipinski definition) is 3. The largest absolute Gasteiger partial charge is 0.465 e. The fourth-order valence-corrected chi connectivity index (χ4v) is 5.18. The van der Waals surface area contributed by atoms with E-state index in [0.717, 1.165) is 4.90 Å². The molecule has 0 radical (unpaired) electrons. The smallest absolute Gasteiger partial charge is 0.435 e. The highest BCUT2D eigenvalue weighted by molar-refractivity contribution is 7.14. The van der Waals surface area contributed by atoms with Crippen molar-refractivity contribution in [1.82, 2.24) is 19.8 Å². The van der Waals surface area contributed by atoms with Gasteiger partial charge in [0.05, 0.1) is 24.1 Å². The van der Waals surface area contributed by atoms with Crippen molar-refractivity contribution in [3.05, 3.63) is 64.0 Å². The summed E-state index contributed by atoms with van der Waals surface area (Å²) in [6, 6.07) is 8.49. The molecule has 224 valence electrons. The van der Waals surface area contributed by atoms with E-state index in [4.69, 9.17) is 0 Å². The topological polar surface area (TPSA) is 131 Å². The number of rotatable bonds is 8. The molecule has 1 aromatic carbocycles. The zero-order chi connectivity index (χ0) is 30.4. The second-order valence-electron chi connectivity index (χ2n) is 9.23. The first-order valence-electron chi connectivity index (χ1n) is 12.8. The number of hydrogen-bond acceptors (Lipinski definition) is 7. The molecule has 11 nitrogen and oxygen atoms in total. The molecule has 0 spiro atoms. The first-order chi connectivity index (χ1) is 20.0. The number of pyridine rings is 1. The number of nitrogens with zero attached hydrogens (tertiary/aromatic N) is 5. The van der Waals surface area contributed by atoms with E-state index in [1.54, 1.807) is 19.1 Å². The van der Waals surface area contributed by atoms with Gasteiger partial charge in [-0.1, -0.05) is 19.1 Å². The van der Waals surface area contributed by atoms with Gasteiger partial charge in [0.15, 0.2) is 5.69 Å². The second-order valence-corrected chi connectivity index (χ2v) is 10.3. The van der Waals surface area contributed by atoms with Crippen LogP contribution in [-0.2, 0) is 12.7 Å². The summed E-state index contributed by atoms with van der Waals surface area (Å²) in [4.78, 5) is 48.2. The summed E-state index contributed by atoms with van der Waals surface area (Å²) in [6.45, 7) is 2.98. The average molecular weight is 610 g/mol. The first kappa shape index (κ1) is 30.5. The molecule has 1 aliphatic rings. The highest BCUT2D eigenvalue weighted by Gasteiger charge is 2.40. The van der Waals surface area contributed by atoms with Crippen LogP contribution in [0.3, 0.4) is 0 Å². The molecule has 3 heterocycles. The van der Waals surface area contributed by atoms with Gasteiger partial charge in [-0.05, 0) is 30.7 Å². The van der Waals surface area contributed by atoms with Crippen LogP contribution in [0.4, 0.5) is 44.3 Å². The standard InChI is InChI=1S/C26H27F4N7O4S/c1-2-9-37(25(40)41)15-20-34-22(26(28,29)30)21(42-20)23(38)32-16-7-8-19(31-14-16)35-10-12-36(13-11-35)24(39)33-18-6-4-3-5-17(18)27/h3-8,14H,2,9-13,15H2,1H3,(H,32,38)(H,33,39)(H,40,41). The van der Waals surface area contributed by atoms with Gasteiger partial charge in [-0.2, -0.15) is 13.2 Å². The number of carbonyl (C=O) groups excluding carboxylic acids is 2. The lowest BCUT2D eigenvalue weighted by molar-refractivity contribution is -0.141. The Bertz CT molecular complexity index is 1430. The summed E-state index contributed by atoms with van der Waals surface area (Å²) >= 11 is 0.480. The van der Waals surface area contributed by atoms with Gasteiger partial charge in [-0.25, -0.2) is 23.9 Å². The molecular weight excluding hydrogens is 582 g/mol. The zero-order valence-electron chi connectivity index (χ0n) is 22.3. The van der Waals surface area contributed by atoms with E-state index in [0.29, 0.717) is 49.8 Å². The average Bonchev–Trinajstić information content (AvgIpc) is 3.39. The molecule has 4 rings (SSSR count). The fraction of sp³-hybridized carbons (Fsp3) is 0.346. The van der Waals surface area contributed by atoms with E-state index >= 15 is 0 Å². The Hall–Kier alpha value is -4.47. The van der Waals surface area contributed by atoms with Crippen LogP contribution in [0, 0.1) is 5.82 Å². The zero-order valence-corrected chi connectivity index (χ0v) is 23.1. The Morgan fingerprint density at radius 2 is 1.79 bits per heavy atom. The van der Waals surface area contributed by atoms with E-state index in [1.165, 1.54) is 35.4 Å². The van der Waals surface area contributed by atoms with Crippen molar-refractivity contribution in [3.8, 4) is 0 Å². The van der Waals surface area contributed by atoms with Crippen LogP contribution < -0.4 is 15.5 Å². The molecule has 42 heavy (non-hydrogen) atoms. The lowest BCUT2D eigenvalue weighted by Gasteiger charge is -2.35. The van der Waals surface area contributed by atoms with Crippen molar-refractivity contribution in [2.75, 3.05) is 48.3 Å². The number of amides is 4. The molecule has 0 bridgehead atoms. The first-order valence-corrected chi connectivity index (χ1v) is 13.7. The van der Waals surface area contributed by atoms with Gasteiger partial charge >= 0.3 is 18.3 Å². The number of alkyl halides is 3. The molecule has 0 atom stereocenters. The minimum atomic E-state index is -4.92. The maximum Gasteiger partial charge on any atom is 0.435 e. The molecular formula is C26H27F4N7O4S. The number of halogens is 4. The summed E-state index contributed by atoms with van der Waals surface area (Å²) in [6.07, 6.45) is -4.46. The Labute approximate surface area is 241 Å². The number of para-hydroxylation sites is 1. The number of urea groups is 1. The van der Waals surface area contributed by atoms with Gasteiger partial charge in [0.25, 0.3) is 5.91 Å². The predicted molar refractivity (Wildman–Crippen MR) is 147 cm³/mol. The highest BCUT2D eigenvalue weighted by Crippen LogP contribution is 2.35. The van der Waals surface area contributed by atoms with Gasteiger partial charge in [0.2, 0.25) is 0 Å². The molecule has 16 heteroatoms. The van der Waals surface area contributed by atoms with Crippen LogP contribution in [-0.4, -0.2) is 75.6 Å². The third kappa shape index (κ3) is 7.43. The molecule has 0 unspecified atom stereocenters. The Morgan fingerprint density at radius 1 is 1.07 bits per heavy atom. The molecule has 1 saturated heterocycles. The van der Waals surface area contributed by atoms with Crippen molar-refractivity contribution in [2.24, 2.45) is 0 Å². The Balaban J connectivity index is 1.37. The van der Waals surface area contributed by atoms with Gasteiger partial charge in [-0.3, -0.25) is 4.79 Å². The van der Waals surface area contributed by atoms with Gasteiger partial charge in [-0.15, -0.1) is 11.3 Å². The summed E-state index contributed by atoms with van der Waals surface area (Å²) in [5, 5.41) is 14.1. The number of carboxylic acid groups (broad SMARTS) is 1. The molecule has 3 N–H and O–H groups in total. The van der Waals surface area contributed by atoms with E-state index in [9.17, 15) is 37.1 Å². The van der Waals surface area contributed by atoms with Crippen LogP contribution in [0.5, 0.6) is 0 Å². The van der Waals surface area contributed by atoms with Crippen LogP contribution >= 0.6 is 11.3 Å². The van der Waals surface area contributed by atoms with Gasteiger partial charge in [0.1, 0.15) is 21.5 Å². The molecule has 4 amide bonds. The van der Waals surface area contributed by atoms with Crippen molar-refractivity contribution < 1.29 is 37.1 Å². The quantitative estimate of drug-likeness (QED) is 0.300. The number of anilines is 3. The number of piperazine rings is 1. The lowest BCUT2D eigenvalue weighted by Crippen LogP contribution is -2.50. The predicted octanol–water partition coefficient (Wildman–Crippen LogP) is 5.19. The molecule has 0 aliphatic carbocycles. The van der Waals surface area contributed by atoms with Crippen LogP contribution in [0.15, 0.2) is 42.6 Å². The van der Waals surface area contributed by atoms with E-state index in [-0.39, 0.29) is 29.5 Å². The number of aromatic nitrogens is 2. The molecule has 1 aliphatic heterocycles. The van der Waals surface area contributed by atoms with Gasteiger partial charge < -0.3 is 30.4 Å². The molecule has 1 fully saturated rings. The van der Waals surface area contributed by atoms with E-state index < -0.39 is 40.6 Å². The number of nitrogens with one attached hydrogen (secondary N) is 2. The van der Waals surface area contributed by atoms with Crippen LogP contribution in [0.25, 0.3) is 0 Å². The normalized spacial score (nSPS) is 13.5. The van der Waals surface area contributed by atoms with E-state index in [1.807, 2.05) is 4.90 Å². The third-order valence-electron chi connectivity index (χ3n) is 6.25. The van der Waals surface area contributed by atoms with Gasteiger partial charge in [0, 0.05) is 32.7 Å². The maximum absolute atomic E-state index is 13.8. The van der Waals surface area contributed by atoms with Crippen LogP contribution in [0.2, 0.25) is 0 Å². The Morgan fingerprint density at radius 3 is 2.38 bits per heavy atom. The third-order valence-corrected chi connectivity index (χ3v) is 7.29. The number of thiazole rings is 1. The molecule has 3 aromatic rings. The second kappa shape index (κ2) is 13.0. The maximum atomic E-state index is 13.8. The van der Waals surface area contributed by atoms with E-state index in [2.05, 4.69) is 20.6 Å². The number of benzene rings is 1. The highest BCUT2D eigenvalue weighted by atomic mass is 32.1. The van der Waals surface area contributed by atoms with Crippen molar-refractivity contribution in [2.45, 2.75) is 26.1 Å². The SMILES string of the molecule is CCCN(Cc1nc(C(F)(F)F)c(C(=O)Nc2ccc(N3CCN(C(=O)Nc4ccccc4F)CC3)nc2)s1)C(=O)O. The summed E-state index contributed by atoms with van der Waals surface area (Å²) in [5.74, 6) is -1.06. The summed E-state index contributed by atoms with van der Waals surface area (Å²) in [7, 11) is 0. The van der Waals surface area contributed by atoms with Crippen molar-refractivity contribution >= 4 is 46.6 Å². The molecule has 0 saturated carbocycles. The minimum absolute atomic E-state index is 0.0832. The summed E-state index contributed by atoms with van der Waals surface area (Å²) in [5.41, 5.74) is -1.16. The number of carbonyl (C=O) groups is 3. The van der Waals surface area contributed by atoms with Crippen molar-refractivity contribution in [3.63, 3.8) is 0 Å². The van der Waals surface area contributed by atoms with Crippen LogP contribution in [0.1, 0.15) is 33.7 Å². The fourth-order valence-electron chi connectivity index (χ4n) is 4.18. The minimum Gasteiger partial charge on any atom is -0.465 e. The molecule has 2 aromatic heterocycles. The summed E-state index contributed by atoms with van der Waals surface area (Å²) < 4.78 is 54.7. The van der Waals surface area contributed by atoms with Crippen molar-refractivity contribution in [1.29, 1.82) is 0 Å². The lowest BCUT2D eigenvalue weighted by atomic mass is 10.3. The monoisotopic (exact) mass is 609 g/mol. The Kier molecular flexibility index (Phi) is 9.45.